The Morgan fingerprint density at radius 2 is 2.10 bits per heavy atom. The molecule has 7 heteroatoms. The first-order valence-electron chi connectivity index (χ1n) is 6.31. The van der Waals surface area contributed by atoms with Crippen LogP contribution in [0.4, 0.5) is 5.82 Å². The highest BCUT2D eigenvalue weighted by Crippen LogP contribution is 2.19. The van der Waals surface area contributed by atoms with E-state index in [1.54, 1.807) is 19.1 Å². The summed E-state index contributed by atoms with van der Waals surface area (Å²) < 4.78 is 5.27. The predicted molar refractivity (Wildman–Crippen MR) is 78.6 cm³/mol. The maximum Gasteiger partial charge on any atom is 0.274 e. The van der Waals surface area contributed by atoms with Gasteiger partial charge in [-0.15, -0.1) is 0 Å². The number of carbonyl (C=O) groups is 1. The fourth-order valence-corrected chi connectivity index (χ4v) is 1.87. The SMILES string of the molecule is COc1ccccc1CN(C)C(=O)c1cnc(NN)cn1. The van der Waals surface area contributed by atoms with Crippen LogP contribution in [-0.4, -0.2) is 34.9 Å². The van der Waals surface area contributed by atoms with Gasteiger partial charge in [-0.25, -0.2) is 15.8 Å². The second kappa shape index (κ2) is 6.67. The third-order valence-electron chi connectivity index (χ3n) is 2.97. The lowest BCUT2D eigenvalue weighted by molar-refractivity contribution is 0.0778. The number of benzene rings is 1. The second-order valence-electron chi connectivity index (χ2n) is 4.40. The summed E-state index contributed by atoms with van der Waals surface area (Å²) in [5.41, 5.74) is 3.54. The van der Waals surface area contributed by atoms with E-state index in [9.17, 15) is 4.79 Å². The van der Waals surface area contributed by atoms with Crippen molar-refractivity contribution in [1.29, 1.82) is 0 Å². The number of rotatable bonds is 5. The van der Waals surface area contributed by atoms with Gasteiger partial charge < -0.3 is 15.1 Å². The zero-order valence-corrected chi connectivity index (χ0v) is 11.9. The van der Waals surface area contributed by atoms with Crippen molar-refractivity contribution in [1.82, 2.24) is 14.9 Å². The minimum Gasteiger partial charge on any atom is -0.496 e. The highest BCUT2D eigenvalue weighted by atomic mass is 16.5. The molecule has 0 spiro atoms. The molecule has 2 rings (SSSR count). The Balaban J connectivity index is 2.11. The van der Waals surface area contributed by atoms with Crippen molar-refractivity contribution >= 4 is 11.7 Å². The molecule has 0 aliphatic heterocycles. The van der Waals surface area contributed by atoms with E-state index >= 15 is 0 Å². The predicted octanol–water partition coefficient (Wildman–Crippen LogP) is 1.04. The highest BCUT2D eigenvalue weighted by molar-refractivity contribution is 5.91. The van der Waals surface area contributed by atoms with Gasteiger partial charge in [0.2, 0.25) is 0 Å². The van der Waals surface area contributed by atoms with Crippen molar-refractivity contribution in [2.45, 2.75) is 6.54 Å². The fraction of sp³-hybridized carbons (Fsp3) is 0.214. The van der Waals surface area contributed by atoms with Crippen LogP contribution in [0.25, 0.3) is 0 Å². The number of ether oxygens (including phenoxy) is 1. The number of hydrazine groups is 1. The normalized spacial score (nSPS) is 10.0. The molecule has 3 N–H and O–H groups in total. The first-order chi connectivity index (χ1) is 10.2. The van der Waals surface area contributed by atoms with E-state index in [1.807, 2.05) is 24.3 Å². The third-order valence-corrected chi connectivity index (χ3v) is 2.97. The molecule has 1 aromatic carbocycles. The summed E-state index contributed by atoms with van der Waals surface area (Å²) in [5, 5.41) is 0. The molecule has 1 amide bonds. The fourth-order valence-electron chi connectivity index (χ4n) is 1.87. The van der Waals surface area contributed by atoms with E-state index in [2.05, 4.69) is 15.4 Å². The van der Waals surface area contributed by atoms with E-state index in [1.165, 1.54) is 12.4 Å². The summed E-state index contributed by atoms with van der Waals surface area (Å²) in [6.07, 6.45) is 2.79. The van der Waals surface area contributed by atoms with Crippen LogP contribution in [0, 0.1) is 0 Å². The smallest absolute Gasteiger partial charge is 0.274 e. The van der Waals surface area contributed by atoms with Gasteiger partial charge in [0, 0.05) is 19.2 Å². The monoisotopic (exact) mass is 287 g/mol. The Morgan fingerprint density at radius 1 is 1.33 bits per heavy atom. The summed E-state index contributed by atoms with van der Waals surface area (Å²) in [4.78, 5) is 21.8. The number of nitrogens with two attached hydrogens (primary N) is 1. The first kappa shape index (κ1) is 14.7. The van der Waals surface area contributed by atoms with Crippen LogP contribution >= 0.6 is 0 Å². The highest BCUT2D eigenvalue weighted by Gasteiger charge is 2.15. The van der Waals surface area contributed by atoms with Gasteiger partial charge in [0.15, 0.2) is 5.82 Å². The Labute approximate surface area is 122 Å². The maximum absolute atomic E-state index is 12.3. The van der Waals surface area contributed by atoms with Crippen molar-refractivity contribution in [3.05, 3.63) is 47.9 Å². The molecule has 0 atom stereocenters. The van der Waals surface area contributed by atoms with Crippen LogP contribution in [-0.2, 0) is 6.54 Å². The molecule has 21 heavy (non-hydrogen) atoms. The Hall–Kier alpha value is -2.67. The summed E-state index contributed by atoms with van der Waals surface area (Å²) in [7, 11) is 3.30. The number of nitrogens with zero attached hydrogens (tertiary/aromatic N) is 3. The minimum absolute atomic E-state index is 0.225. The molecule has 0 radical (unpaired) electrons. The van der Waals surface area contributed by atoms with Crippen LogP contribution in [0.3, 0.4) is 0 Å². The Kier molecular flexibility index (Phi) is 4.68. The average molecular weight is 287 g/mol. The van der Waals surface area contributed by atoms with Crippen LogP contribution in [0.1, 0.15) is 16.1 Å². The number of methoxy groups -OCH3 is 1. The van der Waals surface area contributed by atoms with Crippen molar-refractivity contribution in [2.24, 2.45) is 5.84 Å². The Morgan fingerprint density at radius 3 is 2.71 bits per heavy atom. The van der Waals surface area contributed by atoms with Crippen molar-refractivity contribution in [3.8, 4) is 5.75 Å². The molecule has 0 bridgehead atoms. The molecule has 0 fully saturated rings. The van der Waals surface area contributed by atoms with Gasteiger partial charge in [0.05, 0.1) is 19.5 Å². The van der Waals surface area contributed by atoms with E-state index in [-0.39, 0.29) is 11.6 Å². The third kappa shape index (κ3) is 3.46. The lowest BCUT2D eigenvalue weighted by atomic mass is 10.2. The van der Waals surface area contributed by atoms with E-state index in [0.29, 0.717) is 12.4 Å². The van der Waals surface area contributed by atoms with Gasteiger partial charge >= 0.3 is 0 Å². The molecule has 0 aliphatic carbocycles. The van der Waals surface area contributed by atoms with Gasteiger partial charge in [-0.1, -0.05) is 18.2 Å². The second-order valence-corrected chi connectivity index (χ2v) is 4.40. The van der Waals surface area contributed by atoms with Gasteiger partial charge in [-0.3, -0.25) is 4.79 Å². The number of amides is 1. The number of nitrogen functional groups attached to an aromatic ring is 1. The summed E-state index contributed by atoms with van der Waals surface area (Å²) in [6.45, 7) is 0.418. The molecule has 0 aliphatic rings. The van der Waals surface area contributed by atoms with Crippen molar-refractivity contribution in [3.63, 3.8) is 0 Å². The Bertz CT molecular complexity index is 615. The lowest BCUT2D eigenvalue weighted by Gasteiger charge is -2.18. The first-order valence-corrected chi connectivity index (χ1v) is 6.31. The molecule has 0 saturated heterocycles. The number of carbonyl (C=O) groups excluding carboxylic acids is 1. The number of nitrogens with one attached hydrogen (secondary N) is 1. The number of aromatic nitrogens is 2. The average Bonchev–Trinajstić information content (AvgIpc) is 2.54. The molecular weight excluding hydrogens is 270 g/mol. The van der Waals surface area contributed by atoms with Crippen LogP contribution in [0.15, 0.2) is 36.7 Å². The molecule has 0 unspecified atom stereocenters. The molecule has 1 heterocycles. The number of hydrogen-bond donors (Lipinski definition) is 2. The molecule has 2 aromatic rings. The van der Waals surface area contributed by atoms with Gasteiger partial charge in [-0.2, -0.15) is 0 Å². The summed E-state index contributed by atoms with van der Waals surface area (Å²) in [5.74, 6) is 6.13. The molecule has 0 saturated carbocycles. The van der Waals surface area contributed by atoms with Crippen molar-refractivity contribution < 1.29 is 9.53 Å². The van der Waals surface area contributed by atoms with Crippen LogP contribution in [0.2, 0.25) is 0 Å². The van der Waals surface area contributed by atoms with E-state index in [4.69, 9.17) is 10.6 Å². The van der Waals surface area contributed by atoms with Gasteiger partial charge in [-0.05, 0) is 6.07 Å². The maximum atomic E-state index is 12.3. The lowest BCUT2D eigenvalue weighted by Crippen LogP contribution is -2.27. The van der Waals surface area contributed by atoms with Gasteiger partial charge in [0.1, 0.15) is 11.4 Å². The number of anilines is 1. The number of para-hydroxylation sites is 1. The van der Waals surface area contributed by atoms with Crippen LogP contribution < -0.4 is 16.0 Å². The summed E-state index contributed by atoms with van der Waals surface area (Å²) >= 11 is 0. The van der Waals surface area contributed by atoms with Crippen LogP contribution in [0.5, 0.6) is 5.75 Å². The molecule has 1 aromatic heterocycles. The number of hydrogen-bond acceptors (Lipinski definition) is 6. The molecule has 7 nitrogen and oxygen atoms in total. The van der Waals surface area contributed by atoms with Crippen molar-refractivity contribution in [2.75, 3.05) is 19.6 Å². The van der Waals surface area contributed by atoms with E-state index in [0.717, 1.165) is 11.3 Å². The van der Waals surface area contributed by atoms with E-state index < -0.39 is 0 Å². The standard InChI is InChI=1S/C14H17N5O2/c1-19(9-10-5-3-4-6-12(10)21-2)14(20)11-7-17-13(18-15)8-16-11/h3-8H,9,15H2,1-2H3,(H,17,18). The zero-order chi connectivity index (χ0) is 15.2. The molecular formula is C14H17N5O2. The topological polar surface area (TPSA) is 93.4 Å². The zero-order valence-electron chi connectivity index (χ0n) is 11.9. The quantitative estimate of drug-likeness (QED) is 0.630. The van der Waals surface area contributed by atoms with Gasteiger partial charge in [0.25, 0.3) is 5.91 Å². The minimum atomic E-state index is -0.225. The summed E-state index contributed by atoms with van der Waals surface area (Å²) in [6, 6.07) is 7.55. The largest absolute Gasteiger partial charge is 0.496 e. The molecule has 110 valence electrons.